The average molecular weight is 454 g/mol. The predicted octanol–water partition coefficient (Wildman–Crippen LogP) is 4.46. The van der Waals surface area contributed by atoms with Gasteiger partial charge in [0.15, 0.2) is 11.6 Å². The van der Waals surface area contributed by atoms with Gasteiger partial charge in [0.2, 0.25) is 0 Å². The fraction of sp³-hybridized carbons (Fsp3) is 0.259. The maximum Gasteiger partial charge on any atom is 0.158 e. The predicted molar refractivity (Wildman–Crippen MR) is 135 cm³/mol. The van der Waals surface area contributed by atoms with Crippen molar-refractivity contribution in [3.8, 4) is 22.5 Å². The van der Waals surface area contributed by atoms with Crippen molar-refractivity contribution in [2.45, 2.75) is 38.9 Å². The Hall–Kier alpha value is -3.36. The maximum atomic E-state index is 4.87. The second-order valence-electron chi connectivity index (χ2n) is 8.66. The summed E-state index contributed by atoms with van der Waals surface area (Å²) in [5.41, 5.74) is 15.2. The van der Waals surface area contributed by atoms with Crippen LogP contribution in [0.3, 0.4) is 0 Å². The zero-order valence-corrected chi connectivity index (χ0v) is 19.7. The molecule has 0 radical (unpaired) electrons. The van der Waals surface area contributed by atoms with E-state index in [1.54, 1.807) is 0 Å². The molecule has 3 N–H and O–H groups in total. The second kappa shape index (κ2) is 10.3. The van der Waals surface area contributed by atoms with Crippen molar-refractivity contribution in [2.75, 3.05) is 7.05 Å². The van der Waals surface area contributed by atoms with Crippen molar-refractivity contribution < 1.29 is 0 Å². The SMILES string of the molecule is CCCCc1nc(-c2ccccc2)n(Cc2ccc(-c3ccccc3C3NNNN3C)cc2)n1. The molecule has 0 aliphatic carbocycles. The summed E-state index contributed by atoms with van der Waals surface area (Å²) in [7, 11) is 2.01. The Bertz CT molecular complexity index is 1220. The summed E-state index contributed by atoms with van der Waals surface area (Å²) in [5.74, 6) is 1.85. The van der Waals surface area contributed by atoms with Crippen LogP contribution in [0.15, 0.2) is 78.9 Å². The fourth-order valence-corrected chi connectivity index (χ4v) is 4.34. The zero-order chi connectivity index (χ0) is 23.3. The molecule has 2 heterocycles. The molecule has 0 spiro atoms. The summed E-state index contributed by atoms with van der Waals surface area (Å²) in [6, 6.07) is 27.6. The molecule has 1 aromatic heterocycles. The Labute approximate surface area is 200 Å². The minimum absolute atomic E-state index is 0.0426. The van der Waals surface area contributed by atoms with Gasteiger partial charge in [0.1, 0.15) is 6.17 Å². The third-order valence-electron chi connectivity index (χ3n) is 6.18. The van der Waals surface area contributed by atoms with Gasteiger partial charge in [-0.2, -0.15) is 16.2 Å². The Balaban J connectivity index is 1.41. The molecule has 5 rings (SSSR count). The van der Waals surface area contributed by atoms with Crippen LogP contribution in [0.2, 0.25) is 0 Å². The number of aryl methyl sites for hydroxylation is 1. The first-order chi connectivity index (χ1) is 16.7. The van der Waals surface area contributed by atoms with Gasteiger partial charge in [0.05, 0.1) is 6.54 Å². The first kappa shape index (κ1) is 22.4. The molecule has 0 saturated carbocycles. The monoisotopic (exact) mass is 453 g/mol. The van der Waals surface area contributed by atoms with Gasteiger partial charge in [0.25, 0.3) is 0 Å². The van der Waals surface area contributed by atoms with E-state index < -0.39 is 0 Å². The molecule has 7 heteroatoms. The van der Waals surface area contributed by atoms with Crippen LogP contribution < -0.4 is 16.5 Å². The topological polar surface area (TPSA) is 70.0 Å². The standard InChI is InChI=1S/C27H31N7/c1-3-4-14-25-28-26(22-10-6-5-7-11-22)34(30-25)19-20-15-17-21(18-16-20)23-12-8-9-13-24(23)27-29-31-32-33(27)2/h5-13,15-18,27,29,31-32H,3-4,14,19H2,1-2H3. The lowest BCUT2D eigenvalue weighted by Gasteiger charge is -2.20. The van der Waals surface area contributed by atoms with Crippen molar-refractivity contribution in [1.82, 2.24) is 36.3 Å². The Morgan fingerprint density at radius 3 is 2.38 bits per heavy atom. The highest BCUT2D eigenvalue weighted by Gasteiger charge is 2.24. The Morgan fingerprint density at radius 2 is 1.65 bits per heavy atom. The van der Waals surface area contributed by atoms with E-state index in [0.717, 1.165) is 36.5 Å². The molecule has 1 aliphatic rings. The van der Waals surface area contributed by atoms with Crippen LogP contribution >= 0.6 is 0 Å². The smallest absolute Gasteiger partial charge is 0.158 e. The third-order valence-corrected chi connectivity index (χ3v) is 6.18. The molecular formula is C27H31N7. The molecule has 1 atom stereocenters. The number of nitrogens with one attached hydrogen (secondary N) is 3. The van der Waals surface area contributed by atoms with Crippen molar-refractivity contribution in [3.05, 3.63) is 95.8 Å². The van der Waals surface area contributed by atoms with Gasteiger partial charge in [-0.05, 0) is 28.7 Å². The molecule has 0 bridgehead atoms. The number of rotatable bonds is 8. The fourth-order valence-electron chi connectivity index (χ4n) is 4.34. The van der Waals surface area contributed by atoms with Crippen LogP contribution in [0.4, 0.5) is 0 Å². The van der Waals surface area contributed by atoms with E-state index in [1.165, 1.54) is 22.3 Å². The highest BCUT2D eigenvalue weighted by Crippen LogP contribution is 2.30. The normalized spacial score (nSPS) is 16.2. The quantitative estimate of drug-likeness (QED) is 0.366. The van der Waals surface area contributed by atoms with Crippen molar-refractivity contribution in [1.29, 1.82) is 0 Å². The van der Waals surface area contributed by atoms with Crippen LogP contribution in [0.25, 0.3) is 22.5 Å². The first-order valence-electron chi connectivity index (χ1n) is 11.9. The molecule has 0 amide bonds. The van der Waals surface area contributed by atoms with Crippen LogP contribution in [0.5, 0.6) is 0 Å². The van der Waals surface area contributed by atoms with Crippen molar-refractivity contribution >= 4 is 0 Å². The van der Waals surface area contributed by atoms with Crippen LogP contribution in [0, 0.1) is 0 Å². The Kier molecular flexibility index (Phi) is 6.78. The van der Waals surface area contributed by atoms with Crippen molar-refractivity contribution in [2.24, 2.45) is 0 Å². The van der Waals surface area contributed by atoms with Crippen LogP contribution in [0.1, 0.15) is 42.9 Å². The summed E-state index contributed by atoms with van der Waals surface area (Å²) >= 11 is 0. The summed E-state index contributed by atoms with van der Waals surface area (Å²) in [4.78, 5) is 4.87. The number of hydrogen-bond donors (Lipinski definition) is 3. The molecule has 1 aliphatic heterocycles. The highest BCUT2D eigenvalue weighted by molar-refractivity contribution is 5.68. The van der Waals surface area contributed by atoms with Gasteiger partial charge >= 0.3 is 0 Å². The summed E-state index contributed by atoms with van der Waals surface area (Å²) < 4.78 is 2.04. The molecule has 1 saturated heterocycles. The van der Waals surface area contributed by atoms with Gasteiger partial charge in [0, 0.05) is 19.0 Å². The van der Waals surface area contributed by atoms with Gasteiger partial charge < -0.3 is 0 Å². The van der Waals surface area contributed by atoms with Gasteiger partial charge in [-0.1, -0.05) is 92.2 Å². The number of aromatic nitrogens is 3. The van der Waals surface area contributed by atoms with E-state index in [9.17, 15) is 0 Å². The summed E-state index contributed by atoms with van der Waals surface area (Å²) in [5, 5.41) is 6.87. The molecule has 3 aromatic carbocycles. The molecule has 1 fully saturated rings. The molecule has 4 aromatic rings. The van der Waals surface area contributed by atoms with Crippen LogP contribution in [-0.4, -0.2) is 26.8 Å². The van der Waals surface area contributed by atoms with E-state index in [0.29, 0.717) is 6.54 Å². The largest absolute Gasteiger partial charge is 0.241 e. The summed E-state index contributed by atoms with van der Waals surface area (Å²) in [6.07, 6.45) is 3.19. The van der Waals surface area contributed by atoms with Gasteiger partial charge in [-0.3, -0.25) is 0 Å². The Morgan fingerprint density at radius 1 is 0.882 bits per heavy atom. The molecule has 1 unspecified atom stereocenters. The van der Waals surface area contributed by atoms with Crippen LogP contribution in [-0.2, 0) is 13.0 Å². The van der Waals surface area contributed by atoms with Gasteiger partial charge in [-0.25, -0.2) is 20.1 Å². The number of hydrazine groups is 3. The number of hydrogen-bond acceptors (Lipinski definition) is 6. The van der Waals surface area contributed by atoms with E-state index in [-0.39, 0.29) is 6.17 Å². The number of benzene rings is 3. The lowest BCUT2D eigenvalue weighted by Crippen LogP contribution is -2.34. The average Bonchev–Trinajstić information content (AvgIpc) is 3.49. The second-order valence-corrected chi connectivity index (χ2v) is 8.66. The lowest BCUT2D eigenvalue weighted by molar-refractivity contribution is 0.224. The molecule has 34 heavy (non-hydrogen) atoms. The minimum Gasteiger partial charge on any atom is -0.241 e. The molecular weight excluding hydrogens is 422 g/mol. The first-order valence-corrected chi connectivity index (χ1v) is 11.9. The maximum absolute atomic E-state index is 4.87. The number of nitrogens with zero attached hydrogens (tertiary/aromatic N) is 4. The third kappa shape index (κ3) is 4.78. The zero-order valence-electron chi connectivity index (χ0n) is 19.7. The lowest BCUT2D eigenvalue weighted by atomic mass is 9.97. The van der Waals surface area contributed by atoms with Crippen molar-refractivity contribution in [3.63, 3.8) is 0 Å². The van der Waals surface area contributed by atoms with E-state index in [2.05, 4.69) is 84.1 Å². The van der Waals surface area contributed by atoms with Gasteiger partial charge in [-0.15, -0.1) is 0 Å². The van der Waals surface area contributed by atoms with E-state index >= 15 is 0 Å². The molecule has 7 nitrogen and oxygen atoms in total. The van der Waals surface area contributed by atoms with E-state index in [1.807, 2.05) is 34.9 Å². The number of unbranched alkanes of at least 4 members (excludes halogenated alkanes) is 1. The van der Waals surface area contributed by atoms with E-state index in [4.69, 9.17) is 10.1 Å². The summed E-state index contributed by atoms with van der Waals surface area (Å²) in [6.45, 7) is 2.88. The highest BCUT2D eigenvalue weighted by atomic mass is 15.9. The molecule has 174 valence electrons. The minimum atomic E-state index is 0.0426.